The van der Waals surface area contributed by atoms with Crippen molar-refractivity contribution in [3.63, 3.8) is 0 Å². The van der Waals surface area contributed by atoms with Gasteiger partial charge in [0.2, 0.25) is 5.91 Å². The Bertz CT molecular complexity index is 989. The fourth-order valence-corrected chi connectivity index (χ4v) is 3.51. The van der Waals surface area contributed by atoms with Crippen LogP contribution in [0, 0.1) is 11.6 Å². The molecular formula is C24H22F2N2O2. The Morgan fingerprint density at radius 3 is 2.20 bits per heavy atom. The van der Waals surface area contributed by atoms with Crippen molar-refractivity contribution in [1.82, 2.24) is 9.88 Å². The number of hydrogen-bond donors (Lipinski definition) is 0. The molecule has 154 valence electrons. The minimum atomic E-state index is -0.313. The Morgan fingerprint density at radius 1 is 0.933 bits per heavy atom. The number of ether oxygens (including phenoxy) is 1. The first-order valence-electron chi connectivity index (χ1n) is 9.90. The van der Waals surface area contributed by atoms with Gasteiger partial charge in [0, 0.05) is 12.7 Å². The summed E-state index contributed by atoms with van der Waals surface area (Å²) in [5, 5.41) is 0. The molecule has 6 heteroatoms. The Morgan fingerprint density at radius 2 is 1.57 bits per heavy atom. The van der Waals surface area contributed by atoms with Gasteiger partial charge < -0.3 is 9.64 Å². The lowest BCUT2D eigenvalue weighted by atomic mass is 10.1. The molecule has 0 bridgehead atoms. The van der Waals surface area contributed by atoms with E-state index in [2.05, 4.69) is 4.98 Å². The minimum Gasteiger partial charge on any atom is -0.368 e. The quantitative estimate of drug-likeness (QED) is 0.639. The molecule has 4 rings (SSSR count). The fraction of sp³-hybridized carbons (Fsp3) is 0.250. The van der Waals surface area contributed by atoms with Crippen LogP contribution in [0.5, 0.6) is 0 Å². The number of amides is 1. The first-order chi connectivity index (χ1) is 14.6. The van der Waals surface area contributed by atoms with Gasteiger partial charge in [-0.3, -0.25) is 9.78 Å². The van der Waals surface area contributed by atoms with E-state index in [1.807, 2.05) is 12.1 Å². The summed E-state index contributed by atoms with van der Waals surface area (Å²) >= 11 is 0. The van der Waals surface area contributed by atoms with E-state index in [1.165, 1.54) is 24.3 Å². The molecule has 0 aliphatic carbocycles. The third-order valence-electron chi connectivity index (χ3n) is 5.19. The second kappa shape index (κ2) is 9.13. The van der Waals surface area contributed by atoms with E-state index in [-0.39, 0.29) is 30.1 Å². The van der Waals surface area contributed by atoms with Crippen molar-refractivity contribution in [1.29, 1.82) is 0 Å². The van der Waals surface area contributed by atoms with E-state index in [1.54, 1.807) is 35.4 Å². The molecule has 2 heterocycles. The minimum absolute atomic E-state index is 0.0113. The lowest BCUT2D eigenvalue weighted by Gasteiger charge is -2.32. The molecule has 30 heavy (non-hydrogen) atoms. The molecule has 2 aromatic carbocycles. The van der Waals surface area contributed by atoms with Crippen LogP contribution in [-0.2, 0) is 22.4 Å². The number of carbonyl (C=O) groups is 1. The predicted octanol–water partition coefficient (Wildman–Crippen LogP) is 4.09. The summed E-state index contributed by atoms with van der Waals surface area (Å²) in [5.41, 5.74) is 3.59. The van der Waals surface area contributed by atoms with Crippen LogP contribution in [0.1, 0.15) is 28.5 Å². The molecule has 1 aliphatic heterocycles. The molecule has 1 saturated heterocycles. The second-order valence-corrected chi connectivity index (χ2v) is 7.40. The van der Waals surface area contributed by atoms with E-state index in [0.717, 1.165) is 22.4 Å². The number of halogens is 2. The zero-order valence-corrected chi connectivity index (χ0v) is 16.4. The lowest BCUT2D eigenvalue weighted by Crippen LogP contribution is -2.43. The molecule has 1 fully saturated rings. The van der Waals surface area contributed by atoms with Crippen LogP contribution >= 0.6 is 0 Å². The molecule has 0 spiro atoms. The number of aromatic nitrogens is 1. The van der Waals surface area contributed by atoms with E-state index in [0.29, 0.717) is 26.1 Å². The Hall–Kier alpha value is -3.12. The van der Waals surface area contributed by atoms with Gasteiger partial charge in [0.1, 0.15) is 17.7 Å². The van der Waals surface area contributed by atoms with Crippen LogP contribution in [0.4, 0.5) is 8.78 Å². The summed E-state index contributed by atoms with van der Waals surface area (Å²) in [5.74, 6) is -0.574. The number of rotatable bonds is 5. The average molecular weight is 408 g/mol. The summed E-state index contributed by atoms with van der Waals surface area (Å²) in [4.78, 5) is 18.9. The first kappa shape index (κ1) is 20.2. The number of hydrogen-bond acceptors (Lipinski definition) is 3. The molecule has 1 amide bonds. The van der Waals surface area contributed by atoms with Gasteiger partial charge in [0.25, 0.3) is 0 Å². The van der Waals surface area contributed by atoms with Crippen molar-refractivity contribution in [2.24, 2.45) is 0 Å². The van der Waals surface area contributed by atoms with Crippen LogP contribution in [0.15, 0.2) is 66.9 Å². The SMILES string of the molecule is O=C(Cc1ccc(F)cc1)N1CCOC(c2ccc(Cc3ccc(F)cc3)cn2)C1. The zero-order valence-electron chi connectivity index (χ0n) is 16.4. The summed E-state index contributed by atoms with van der Waals surface area (Å²) < 4.78 is 31.9. The summed E-state index contributed by atoms with van der Waals surface area (Å²) in [6.07, 6.45) is 2.41. The van der Waals surface area contributed by atoms with Gasteiger partial charge in [-0.05, 0) is 53.4 Å². The van der Waals surface area contributed by atoms with Crippen molar-refractivity contribution >= 4 is 5.91 Å². The molecule has 0 saturated carbocycles. The molecule has 1 atom stereocenters. The highest BCUT2D eigenvalue weighted by atomic mass is 19.1. The first-order valence-corrected chi connectivity index (χ1v) is 9.90. The van der Waals surface area contributed by atoms with Crippen LogP contribution in [0.2, 0.25) is 0 Å². The van der Waals surface area contributed by atoms with Crippen LogP contribution in [0.3, 0.4) is 0 Å². The van der Waals surface area contributed by atoms with E-state index in [4.69, 9.17) is 4.74 Å². The van der Waals surface area contributed by atoms with Crippen molar-refractivity contribution in [3.8, 4) is 0 Å². The number of morpholine rings is 1. The maximum Gasteiger partial charge on any atom is 0.227 e. The van der Waals surface area contributed by atoms with Gasteiger partial charge in [-0.2, -0.15) is 0 Å². The van der Waals surface area contributed by atoms with E-state index in [9.17, 15) is 13.6 Å². The monoisotopic (exact) mass is 408 g/mol. The van der Waals surface area contributed by atoms with Gasteiger partial charge >= 0.3 is 0 Å². The average Bonchev–Trinajstić information content (AvgIpc) is 2.77. The predicted molar refractivity (Wildman–Crippen MR) is 109 cm³/mol. The highest BCUT2D eigenvalue weighted by Gasteiger charge is 2.26. The summed E-state index contributed by atoms with van der Waals surface area (Å²) in [6, 6.07) is 16.3. The third kappa shape index (κ3) is 5.07. The maximum absolute atomic E-state index is 13.1. The lowest BCUT2D eigenvalue weighted by molar-refractivity contribution is -0.138. The van der Waals surface area contributed by atoms with E-state index >= 15 is 0 Å². The molecule has 3 aromatic rings. The Balaban J connectivity index is 1.37. The van der Waals surface area contributed by atoms with Gasteiger partial charge in [0.15, 0.2) is 0 Å². The molecule has 0 N–H and O–H groups in total. The Labute approximate surface area is 174 Å². The molecule has 0 radical (unpaired) electrons. The standard InChI is InChI=1S/C24H22F2N2O2/c25-20-6-1-17(2-7-20)13-19-5-10-22(27-15-19)23-16-28(11-12-30-23)24(29)14-18-3-8-21(26)9-4-18/h1-10,15,23H,11-14,16H2. The molecule has 1 aliphatic rings. The molecule has 1 aromatic heterocycles. The topological polar surface area (TPSA) is 42.4 Å². The smallest absolute Gasteiger partial charge is 0.227 e. The Kier molecular flexibility index (Phi) is 6.14. The number of nitrogens with zero attached hydrogens (tertiary/aromatic N) is 2. The van der Waals surface area contributed by atoms with E-state index < -0.39 is 0 Å². The number of benzene rings is 2. The van der Waals surface area contributed by atoms with Crippen molar-refractivity contribution in [3.05, 3.63) is 101 Å². The zero-order chi connectivity index (χ0) is 20.9. The summed E-state index contributed by atoms with van der Waals surface area (Å²) in [6.45, 7) is 1.41. The highest BCUT2D eigenvalue weighted by Crippen LogP contribution is 2.22. The fourth-order valence-electron chi connectivity index (χ4n) is 3.51. The van der Waals surface area contributed by atoms with Crippen LogP contribution in [0.25, 0.3) is 0 Å². The van der Waals surface area contributed by atoms with Gasteiger partial charge in [-0.1, -0.05) is 30.3 Å². The third-order valence-corrected chi connectivity index (χ3v) is 5.19. The molecular weight excluding hydrogens is 386 g/mol. The van der Waals surface area contributed by atoms with Crippen LogP contribution < -0.4 is 0 Å². The van der Waals surface area contributed by atoms with Crippen molar-refractivity contribution in [2.75, 3.05) is 19.7 Å². The van der Waals surface area contributed by atoms with Gasteiger partial charge in [-0.15, -0.1) is 0 Å². The largest absolute Gasteiger partial charge is 0.368 e. The molecule has 1 unspecified atom stereocenters. The van der Waals surface area contributed by atoms with Crippen molar-refractivity contribution < 1.29 is 18.3 Å². The second-order valence-electron chi connectivity index (χ2n) is 7.40. The molecule has 4 nitrogen and oxygen atoms in total. The van der Waals surface area contributed by atoms with Crippen LogP contribution in [-0.4, -0.2) is 35.5 Å². The number of carbonyl (C=O) groups excluding carboxylic acids is 1. The van der Waals surface area contributed by atoms with Crippen molar-refractivity contribution in [2.45, 2.75) is 18.9 Å². The summed E-state index contributed by atoms with van der Waals surface area (Å²) in [7, 11) is 0. The normalized spacial score (nSPS) is 16.5. The van der Waals surface area contributed by atoms with Gasteiger partial charge in [0.05, 0.1) is 25.3 Å². The van der Waals surface area contributed by atoms with Gasteiger partial charge in [-0.25, -0.2) is 8.78 Å². The maximum atomic E-state index is 13.1. The number of pyridine rings is 1. The highest BCUT2D eigenvalue weighted by molar-refractivity contribution is 5.78.